The number of benzene rings is 2. The van der Waals surface area contributed by atoms with E-state index >= 15 is 0 Å². The highest BCUT2D eigenvalue weighted by molar-refractivity contribution is 7.85. The molecule has 0 aliphatic rings. The second-order valence-electron chi connectivity index (χ2n) is 5.36. The molecular weight excluding hydrogens is 360 g/mol. The third kappa shape index (κ3) is 5.36. The maximum Gasteiger partial charge on any atom is 0.338 e. The number of nitrogens with zero attached hydrogens (tertiary/aromatic N) is 2. The number of hydrogen-bond acceptors (Lipinski definition) is 7. The SMILES string of the molecule is CCCCOC(=O)c1ccc(O)c(N=Nc2ccc(S(=O)(=O)O)cc2)c1. The number of phenolic OH excluding ortho intramolecular Hbond substituents is 1. The molecule has 0 aromatic heterocycles. The predicted octanol–water partition coefficient (Wildman–Crippen LogP) is 4.01. The smallest absolute Gasteiger partial charge is 0.338 e. The van der Waals surface area contributed by atoms with Gasteiger partial charge in [-0.05, 0) is 48.9 Å². The van der Waals surface area contributed by atoms with Gasteiger partial charge in [0.05, 0.1) is 22.8 Å². The first-order chi connectivity index (χ1) is 12.3. The van der Waals surface area contributed by atoms with Crippen molar-refractivity contribution in [2.45, 2.75) is 24.7 Å². The van der Waals surface area contributed by atoms with Crippen LogP contribution >= 0.6 is 0 Å². The summed E-state index contributed by atoms with van der Waals surface area (Å²) in [6.45, 7) is 2.29. The first-order valence-electron chi connectivity index (χ1n) is 7.80. The molecule has 138 valence electrons. The molecule has 2 rings (SSSR count). The van der Waals surface area contributed by atoms with E-state index in [1.54, 1.807) is 0 Å². The van der Waals surface area contributed by atoms with Gasteiger partial charge in [0, 0.05) is 0 Å². The van der Waals surface area contributed by atoms with Gasteiger partial charge in [0.1, 0.15) is 11.4 Å². The summed E-state index contributed by atoms with van der Waals surface area (Å²) in [5, 5.41) is 17.6. The molecule has 0 fully saturated rings. The molecule has 2 aromatic carbocycles. The lowest BCUT2D eigenvalue weighted by atomic mass is 10.2. The van der Waals surface area contributed by atoms with Crippen molar-refractivity contribution in [1.29, 1.82) is 0 Å². The molecule has 0 saturated heterocycles. The zero-order valence-electron chi connectivity index (χ0n) is 14.0. The minimum absolute atomic E-state index is 0.0637. The number of unbranched alkanes of at least 4 members (excludes halogenated alkanes) is 1. The van der Waals surface area contributed by atoms with Crippen molar-refractivity contribution < 1.29 is 27.6 Å². The van der Waals surface area contributed by atoms with E-state index in [-0.39, 0.29) is 21.9 Å². The number of phenols is 1. The van der Waals surface area contributed by atoms with Gasteiger partial charge in [-0.15, -0.1) is 5.11 Å². The Kier molecular flexibility index (Phi) is 6.42. The first kappa shape index (κ1) is 19.5. The van der Waals surface area contributed by atoms with Crippen molar-refractivity contribution in [1.82, 2.24) is 0 Å². The lowest BCUT2D eigenvalue weighted by Gasteiger charge is -2.05. The maximum atomic E-state index is 11.9. The van der Waals surface area contributed by atoms with E-state index in [0.29, 0.717) is 12.3 Å². The summed E-state index contributed by atoms with van der Waals surface area (Å²) < 4.78 is 36.0. The minimum atomic E-state index is -4.28. The number of carbonyl (C=O) groups is 1. The standard InChI is InChI=1S/C17H18N2O6S/c1-2-3-10-25-17(21)12-4-9-16(20)15(11-12)19-18-13-5-7-14(8-6-13)26(22,23)24/h4-9,11,20H,2-3,10H2,1H3,(H,22,23,24). The van der Waals surface area contributed by atoms with Gasteiger partial charge in [0.25, 0.3) is 10.1 Å². The van der Waals surface area contributed by atoms with E-state index in [9.17, 15) is 18.3 Å². The molecule has 9 heteroatoms. The van der Waals surface area contributed by atoms with E-state index in [1.807, 2.05) is 6.92 Å². The molecule has 0 bridgehead atoms. The second-order valence-corrected chi connectivity index (χ2v) is 6.78. The molecule has 2 N–H and O–H groups in total. The van der Waals surface area contributed by atoms with Crippen LogP contribution in [0.25, 0.3) is 0 Å². The van der Waals surface area contributed by atoms with Crippen molar-refractivity contribution in [2.24, 2.45) is 10.2 Å². The zero-order valence-corrected chi connectivity index (χ0v) is 14.8. The Balaban J connectivity index is 2.16. The minimum Gasteiger partial charge on any atom is -0.506 e. The molecule has 2 aromatic rings. The summed E-state index contributed by atoms with van der Waals surface area (Å²) in [7, 11) is -4.28. The Labute approximate surface area is 150 Å². The fourth-order valence-corrected chi connectivity index (χ4v) is 2.40. The third-order valence-corrected chi connectivity index (χ3v) is 4.22. The summed E-state index contributed by atoms with van der Waals surface area (Å²) in [5.41, 5.74) is 0.594. The molecule has 0 unspecified atom stereocenters. The van der Waals surface area contributed by atoms with Crippen molar-refractivity contribution in [3.63, 3.8) is 0 Å². The Bertz CT molecular complexity index is 907. The number of esters is 1. The van der Waals surface area contributed by atoms with Gasteiger partial charge >= 0.3 is 5.97 Å². The summed E-state index contributed by atoms with van der Waals surface area (Å²) in [5.74, 6) is -0.694. The van der Waals surface area contributed by atoms with Gasteiger partial charge in [-0.2, -0.15) is 13.5 Å². The number of azo groups is 1. The van der Waals surface area contributed by atoms with Crippen molar-refractivity contribution in [3.8, 4) is 5.75 Å². The molecular formula is C17H18N2O6S. The molecule has 0 atom stereocenters. The average Bonchev–Trinajstić information content (AvgIpc) is 2.60. The molecule has 0 radical (unpaired) electrons. The molecule has 0 amide bonds. The Morgan fingerprint density at radius 1 is 1.12 bits per heavy atom. The molecule has 0 saturated carbocycles. The van der Waals surface area contributed by atoms with Crippen LogP contribution in [0.15, 0.2) is 57.6 Å². The first-order valence-corrected chi connectivity index (χ1v) is 9.24. The van der Waals surface area contributed by atoms with Crippen LogP contribution in [-0.4, -0.2) is 30.7 Å². The normalized spacial score (nSPS) is 11.6. The topological polar surface area (TPSA) is 126 Å². The molecule has 0 spiro atoms. The number of aromatic hydroxyl groups is 1. The largest absolute Gasteiger partial charge is 0.506 e. The lowest BCUT2D eigenvalue weighted by molar-refractivity contribution is 0.0499. The van der Waals surface area contributed by atoms with Crippen LogP contribution in [0.1, 0.15) is 30.1 Å². The van der Waals surface area contributed by atoms with Gasteiger partial charge in [-0.25, -0.2) is 4.79 Å². The maximum absolute atomic E-state index is 11.9. The lowest BCUT2D eigenvalue weighted by Crippen LogP contribution is -2.05. The number of rotatable bonds is 7. The molecule has 26 heavy (non-hydrogen) atoms. The molecule has 0 aliphatic heterocycles. The van der Waals surface area contributed by atoms with Crippen molar-refractivity contribution in [3.05, 3.63) is 48.0 Å². The Morgan fingerprint density at radius 3 is 2.42 bits per heavy atom. The van der Waals surface area contributed by atoms with Gasteiger partial charge < -0.3 is 9.84 Å². The predicted molar refractivity (Wildman–Crippen MR) is 93.7 cm³/mol. The Hall–Kier alpha value is -2.78. The fraction of sp³-hybridized carbons (Fsp3) is 0.235. The van der Waals surface area contributed by atoms with Crippen molar-refractivity contribution in [2.75, 3.05) is 6.61 Å². The highest BCUT2D eigenvalue weighted by atomic mass is 32.2. The van der Waals surface area contributed by atoms with Crippen LogP contribution in [0.3, 0.4) is 0 Å². The van der Waals surface area contributed by atoms with Crippen molar-refractivity contribution >= 4 is 27.5 Å². The van der Waals surface area contributed by atoms with E-state index in [0.717, 1.165) is 12.8 Å². The van der Waals surface area contributed by atoms with Crippen LogP contribution in [0, 0.1) is 0 Å². The summed E-state index contributed by atoms with van der Waals surface area (Å²) in [6.07, 6.45) is 1.66. The quantitative estimate of drug-likeness (QED) is 0.324. The van der Waals surface area contributed by atoms with Crippen LogP contribution in [0.5, 0.6) is 5.75 Å². The van der Waals surface area contributed by atoms with E-state index in [4.69, 9.17) is 9.29 Å². The molecule has 8 nitrogen and oxygen atoms in total. The Morgan fingerprint density at radius 2 is 1.81 bits per heavy atom. The monoisotopic (exact) mass is 378 g/mol. The summed E-state index contributed by atoms with van der Waals surface area (Å²) >= 11 is 0. The summed E-state index contributed by atoms with van der Waals surface area (Å²) in [4.78, 5) is 11.7. The van der Waals surface area contributed by atoms with Crippen LogP contribution in [0.2, 0.25) is 0 Å². The van der Waals surface area contributed by atoms with Crippen LogP contribution < -0.4 is 0 Å². The number of ether oxygens (including phenoxy) is 1. The van der Waals surface area contributed by atoms with Gasteiger partial charge in [0.2, 0.25) is 0 Å². The second kappa shape index (κ2) is 8.54. The third-order valence-electron chi connectivity index (χ3n) is 3.35. The van der Waals surface area contributed by atoms with Crippen LogP contribution in [0.4, 0.5) is 11.4 Å². The van der Waals surface area contributed by atoms with E-state index < -0.39 is 16.1 Å². The van der Waals surface area contributed by atoms with Gasteiger partial charge in [-0.3, -0.25) is 4.55 Å². The number of hydrogen-bond donors (Lipinski definition) is 2. The van der Waals surface area contributed by atoms with Crippen LogP contribution in [-0.2, 0) is 14.9 Å². The molecule has 0 heterocycles. The number of carbonyl (C=O) groups excluding carboxylic acids is 1. The zero-order chi connectivity index (χ0) is 19.2. The van der Waals surface area contributed by atoms with Gasteiger partial charge in [0.15, 0.2) is 0 Å². The molecule has 0 aliphatic carbocycles. The summed E-state index contributed by atoms with van der Waals surface area (Å²) in [6, 6.07) is 9.10. The fourth-order valence-electron chi connectivity index (χ4n) is 1.92. The highest BCUT2D eigenvalue weighted by Crippen LogP contribution is 2.29. The highest BCUT2D eigenvalue weighted by Gasteiger charge is 2.11. The average molecular weight is 378 g/mol. The van der Waals surface area contributed by atoms with E-state index in [1.165, 1.54) is 42.5 Å². The van der Waals surface area contributed by atoms with E-state index in [2.05, 4.69) is 10.2 Å². The van der Waals surface area contributed by atoms with Gasteiger partial charge in [-0.1, -0.05) is 13.3 Å².